The van der Waals surface area contributed by atoms with Crippen LogP contribution < -0.4 is 0 Å². The lowest BCUT2D eigenvalue weighted by molar-refractivity contribution is 0.688. The Balaban J connectivity index is 1.18. The van der Waals surface area contributed by atoms with Crippen LogP contribution in [-0.4, -0.2) is 32.1 Å². The molecule has 0 aliphatic rings. The van der Waals surface area contributed by atoms with Crippen LogP contribution in [0.15, 0.2) is 131 Å². The number of hydrogen-bond donors (Lipinski definition) is 0. The molecule has 0 radical (unpaired) electrons. The summed E-state index contributed by atoms with van der Waals surface area (Å²) in [6.07, 6.45) is 8.34. The second-order valence-corrected chi connectivity index (χ2v) is 11.3. The summed E-state index contributed by atoms with van der Waals surface area (Å²) in [4.78, 5) is 2.48. The van der Waals surface area contributed by atoms with Gasteiger partial charge in [-0.3, -0.25) is 9.36 Å². The fourth-order valence-electron chi connectivity index (χ4n) is 4.97. The Morgan fingerprint density at radius 2 is 0.975 bits per heavy atom. The molecule has 6 heteroatoms. The lowest BCUT2D eigenvalue weighted by Gasteiger charge is -2.09. The zero-order chi connectivity index (χ0) is 27.3. The van der Waals surface area contributed by atoms with Gasteiger partial charge in [-0.05, 0) is 71.2 Å². The molecule has 0 saturated carbocycles. The molecule has 0 spiro atoms. The van der Waals surface area contributed by atoms with Gasteiger partial charge < -0.3 is 0 Å². The molecule has 0 unspecified atom stereocenters. The van der Waals surface area contributed by atoms with E-state index >= 15 is 0 Å². The van der Waals surface area contributed by atoms with Gasteiger partial charge in [0.05, 0.1) is 24.5 Å². The zero-order valence-corrected chi connectivity index (χ0v) is 24.2. The molecule has 0 N–H and O–H groups in total. The maximum absolute atomic E-state index is 4.87. The summed E-state index contributed by atoms with van der Waals surface area (Å²) in [6.45, 7) is 1.45. The molecule has 0 amide bonds. The largest absolute Gasteiger partial charge is 0.268 e. The smallest absolute Gasteiger partial charge is 0.0934 e. The maximum atomic E-state index is 4.87. The van der Waals surface area contributed by atoms with E-state index in [-0.39, 0.29) is 0 Å². The molecule has 0 saturated heterocycles. The van der Waals surface area contributed by atoms with Crippen LogP contribution in [0.5, 0.6) is 0 Å². The third-order valence-electron chi connectivity index (χ3n) is 6.92. The van der Waals surface area contributed by atoms with Gasteiger partial charge in [0.2, 0.25) is 0 Å². The highest BCUT2D eigenvalue weighted by molar-refractivity contribution is 7.99. The van der Waals surface area contributed by atoms with Crippen molar-refractivity contribution < 1.29 is 0 Å². The van der Waals surface area contributed by atoms with Crippen LogP contribution in [0, 0.1) is 0 Å². The monoisotopic (exact) mass is 558 g/mol. The summed E-state index contributed by atoms with van der Waals surface area (Å²) >= 11 is 3.50. The van der Waals surface area contributed by atoms with Gasteiger partial charge in [-0.1, -0.05) is 72.8 Å². The van der Waals surface area contributed by atoms with Gasteiger partial charge in [0.1, 0.15) is 0 Å². The third-order valence-corrected chi connectivity index (χ3v) is 8.52. The lowest BCUT2D eigenvalue weighted by atomic mass is 10.0. The fourth-order valence-corrected chi connectivity index (χ4v) is 6.19. The summed E-state index contributed by atoms with van der Waals surface area (Å²) in [5.41, 5.74) is 9.22. The maximum Gasteiger partial charge on any atom is 0.0934 e. The Bertz CT molecular complexity index is 1620. The van der Waals surface area contributed by atoms with Gasteiger partial charge in [0.15, 0.2) is 0 Å². The number of nitrogens with zero attached hydrogens (tertiary/aromatic N) is 4. The van der Waals surface area contributed by atoms with Crippen LogP contribution in [-0.2, 0) is 13.1 Å². The van der Waals surface area contributed by atoms with Crippen molar-refractivity contribution in [2.45, 2.75) is 22.9 Å². The molecule has 0 atom stereocenters. The Morgan fingerprint density at radius 1 is 0.525 bits per heavy atom. The van der Waals surface area contributed by atoms with Gasteiger partial charge in [-0.25, -0.2) is 0 Å². The number of thioether (sulfide) groups is 2. The predicted octanol–water partition coefficient (Wildman–Crippen LogP) is 8.62. The van der Waals surface area contributed by atoms with E-state index in [4.69, 9.17) is 10.2 Å². The normalized spacial score (nSPS) is 11.2. The standard InChI is InChI=1S/C34H30N4S2/c1-39-33-15-5-3-13-29(33)31-17-19-37(35-31)23-25-9-7-11-27(21-25)28-12-8-10-26(22-28)24-38-20-18-32(36-38)30-14-4-6-16-34(30)40-2/h3-22H,23-24H2,1-2H3. The van der Waals surface area contributed by atoms with E-state index in [1.807, 2.05) is 9.36 Å². The van der Waals surface area contributed by atoms with Gasteiger partial charge in [0, 0.05) is 33.3 Å². The molecule has 6 aromatic rings. The van der Waals surface area contributed by atoms with Crippen molar-refractivity contribution in [2.24, 2.45) is 0 Å². The van der Waals surface area contributed by atoms with Crippen LogP contribution in [0.25, 0.3) is 33.6 Å². The van der Waals surface area contributed by atoms with Crippen LogP contribution in [0.4, 0.5) is 0 Å². The van der Waals surface area contributed by atoms with E-state index in [0.717, 1.165) is 24.5 Å². The van der Waals surface area contributed by atoms with Crippen molar-refractivity contribution in [3.8, 4) is 33.6 Å². The van der Waals surface area contributed by atoms with Gasteiger partial charge in [0.25, 0.3) is 0 Å². The minimum absolute atomic E-state index is 0.725. The zero-order valence-electron chi connectivity index (χ0n) is 22.6. The molecular formula is C34H30N4S2. The van der Waals surface area contributed by atoms with Crippen molar-refractivity contribution >= 4 is 23.5 Å². The molecule has 0 aliphatic heterocycles. The average Bonchev–Trinajstić information content (AvgIpc) is 3.67. The molecule has 0 fully saturated rings. The summed E-state index contributed by atoms with van der Waals surface area (Å²) < 4.78 is 4.04. The molecule has 2 aromatic heterocycles. The van der Waals surface area contributed by atoms with Crippen LogP contribution >= 0.6 is 23.5 Å². The minimum Gasteiger partial charge on any atom is -0.268 e. The third kappa shape index (κ3) is 5.79. The number of hydrogen-bond acceptors (Lipinski definition) is 4. The van der Waals surface area contributed by atoms with Crippen molar-refractivity contribution in [3.63, 3.8) is 0 Å². The second-order valence-electron chi connectivity index (χ2n) is 9.60. The molecule has 6 rings (SSSR count). The van der Waals surface area contributed by atoms with E-state index < -0.39 is 0 Å². The Labute approximate surface area is 244 Å². The first-order valence-electron chi connectivity index (χ1n) is 13.2. The number of aromatic nitrogens is 4. The fraction of sp³-hybridized carbons (Fsp3) is 0.118. The molecular weight excluding hydrogens is 529 g/mol. The first-order valence-corrected chi connectivity index (χ1v) is 15.7. The highest BCUT2D eigenvalue weighted by atomic mass is 32.2. The predicted molar refractivity (Wildman–Crippen MR) is 169 cm³/mol. The van der Waals surface area contributed by atoms with Crippen molar-refractivity contribution in [1.82, 2.24) is 19.6 Å². The molecule has 198 valence electrons. The number of rotatable bonds is 9. The summed E-state index contributed by atoms with van der Waals surface area (Å²) in [5.74, 6) is 0. The highest BCUT2D eigenvalue weighted by Gasteiger charge is 2.10. The average molecular weight is 559 g/mol. The first kappa shape index (κ1) is 26.2. The first-order chi connectivity index (χ1) is 19.7. The van der Waals surface area contributed by atoms with Crippen molar-refractivity contribution in [2.75, 3.05) is 12.5 Å². The minimum atomic E-state index is 0.725. The SMILES string of the molecule is CSc1ccccc1-c1ccn(Cc2cccc(-c3cccc(Cn4ccc(-c5ccccc5SC)n4)c3)c2)n1. The highest BCUT2D eigenvalue weighted by Crippen LogP contribution is 2.30. The summed E-state index contributed by atoms with van der Waals surface area (Å²) in [5, 5.41) is 9.75. The molecule has 4 aromatic carbocycles. The quantitative estimate of drug-likeness (QED) is 0.166. The van der Waals surface area contributed by atoms with E-state index in [2.05, 4.69) is 134 Å². The van der Waals surface area contributed by atoms with Gasteiger partial charge in [-0.15, -0.1) is 23.5 Å². The van der Waals surface area contributed by atoms with E-state index in [0.29, 0.717) is 0 Å². The number of benzene rings is 4. The van der Waals surface area contributed by atoms with Crippen molar-refractivity contribution in [1.29, 1.82) is 0 Å². The van der Waals surface area contributed by atoms with Crippen LogP contribution in [0.3, 0.4) is 0 Å². The van der Waals surface area contributed by atoms with Crippen LogP contribution in [0.1, 0.15) is 11.1 Å². The van der Waals surface area contributed by atoms with E-state index in [9.17, 15) is 0 Å². The van der Waals surface area contributed by atoms with E-state index in [1.54, 1.807) is 23.5 Å². The molecule has 0 bridgehead atoms. The summed E-state index contributed by atoms with van der Waals surface area (Å²) in [7, 11) is 0. The van der Waals surface area contributed by atoms with Crippen LogP contribution in [0.2, 0.25) is 0 Å². The van der Waals surface area contributed by atoms with Gasteiger partial charge >= 0.3 is 0 Å². The second kappa shape index (κ2) is 12.0. The lowest BCUT2D eigenvalue weighted by Crippen LogP contribution is -2.01. The Hall–Kier alpha value is -4.00. The van der Waals surface area contributed by atoms with Crippen molar-refractivity contribution in [3.05, 3.63) is 133 Å². The van der Waals surface area contributed by atoms with E-state index in [1.165, 1.54) is 43.2 Å². The Kier molecular flexibility index (Phi) is 7.89. The molecule has 40 heavy (non-hydrogen) atoms. The molecule has 2 heterocycles. The molecule has 4 nitrogen and oxygen atoms in total. The Morgan fingerprint density at radius 3 is 1.43 bits per heavy atom. The molecule has 0 aliphatic carbocycles. The summed E-state index contributed by atoms with van der Waals surface area (Å²) in [6, 6.07) is 38.5. The van der Waals surface area contributed by atoms with Gasteiger partial charge in [-0.2, -0.15) is 10.2 Å². The topological polar surface area (TPSA) is 35.6 Å².